The van der Waals surface area contributed by atoms with Crippen molar-refractivity contribution in [3.63, 3.8) is 0 Å². The van der Waals surface area contributed by atoms with Crippen molar-refractivity contribution in [2.45, 2.75) is 26.4 Å². The molecule has 1 aromatic rings. The Bertz CT molecular complexity index is 346. The Labute approximate surface area is 108 Å². The molecule has 1 aliphatic heterocycles. The van der Waals surface area contributed by atoms with E-state index in [2.05, 4.69) is 26.8 Å². The molecule has 1 aliphatic rings. The molecule has 6 nitrogen and oxygen atoms in total. The van der Waals surface area contributed by atoms with Gasteiger partial charge in [0.2, 0.25) is 0 Å². The number of piperazine rings is 1. The summed E-state index contributed by atoms with van der Waals surface area (Å²) in [6.07, 6.45) is 2.73. The van der Waals surface area contributed by atoms with Gasteiger partial charge in [0, 0.05) is 39.3 Å². The lowest BCUT2D eigenvalue weighted by Crippen LogP contribution is -2.46. The van der Waals surface area contributed by atoms with Gasteiger partial charge in [0.15, 0.2) is 0 Å². The van der Waals surface area contributed by atoms with E-state index in [4.69, 9.17) is 5.11 Å². The number of aliphatic hydroxyl groups excluding tert-OH is 1. The minimum Gasteiger partial charge on any atom is -0.395 e. The molecule has 0 amide bonds. The third-order valence-electron chi connectivity index (χ3n) is 3.38. The van der Waals surface area contributed by atoms with E-state index in [0.29, 0.717) is 0 Å². The lowest BCUT2D eigenvalue weighted by molar-refractivity contribution is 0.106. The zero-order valence-electron chi connectivity index (χ0n) is 11.1. The molecule has 0 atom stereocenters. The van der Waals surface area contributed by atoms with Crippen molar-refractivity contribution in [2.75, 3.05) is 39.3 Å². The highest BCUT2D eigenvalue weighted by Crippen LogP contribution is 2.06. The summed E-state index contributed by atoms with van der Waals surface area (Å²) in [4.78, 5) is 9.05. The van der Waals surface area contributed by atoms with Crippen LogP contribution in [-0.2, 0) is 13.1 Å². The average molecular weight is 253 g/mol. The lowest BCUT2D eigenvalue weighted by atomic mass is 10.3. The minimum absolute atomic E-state index is 0.255. The molecule has 1 aromatic heterocycles. The van der Waals surface area contributed by atoms with Gasteiger partial charge in [-0.25, -0.2) is 9.67 Å². The first-order valence-corrected chi connectivity index (χ1v) is 6.75. The van der Waals surface area contributed by atoms with Crippen LogP contribution in [0.3, 0.4) is 0 Å². The predicted molar refractivity (Wildman–Crippen MR) is 69.1 cm³/mol. The number of hydrogen-bond acceptors (Lipinski definition) is 5. The van der Waals surface area contributed by atoms with Crippen LogP contribution in [0.25, 0.3) is 0 Å². The maximum Gasteiger partial charge on any atom is 0.141 e. The van der Waals surface area contributed by atoms with Gasteiger partial charge in [-0.3, -0.25) is 9.80 Å². The van der Waals surface area contributed by atoms with Crippen LogP contribution < -0.4 is 0 Å². The standard InChI is InChI=1S/C12H23N5O/c1-2-3-17-12(13-11-14-17)10-16-6-4-15(5-7-16)8-9-18/h11,18H,2-10H2,1H3. The van der Waals surface area contributed by atoms with Crippen molar-refractivity contribution >= 4 is 0 Å². The van der Waals surface area contributed by atoms with Crippen molar-refractivity contribution in [1.29, 1.82) is 0 Å². The first-order valence-electron chi connectivity index (χ1n) is 6.75. The van der Waals surface area contributed by atoms with Gasteiger partial charge < -0.3 is 5.11 Å². The van der Waals surface area contributed by atoms with E-state index in [0.717, 1.165) is 58.1 Å². The van der Waals surface area contributed by atoms with Gasteiger partial charge in [-0.15, -0.1) is 0 Å². The fraction of sp³-hybridized carbons (Fsp3) is 0.833. The maximum atomic E-state index is 8.91. The molecule has 0 bridgehead atoms. The van der Waals surface area contributed by atoms with Crippen LogP contribution in [0, 0.1) is 0 Å². The van der Waals surface area contributed by atoms with Crippen molar-refractivity contribution in [1.82, 2.24) is 24.6 Å². The maximum absolute atomic E-state index is 8.91. The molecule has 18 heavy (non-hydrogen) atoms. The molecule has 6 heteroatoms. The van der Waals surface area contributed by atoms with Gasteiger partial charge >= 0.3 is 0 Å². The van der Waals surface area contributed by atoms with Gasteiger partial charge in [0.25, 0.3) is 0 Å². The third-order valence-corrected chi connectivity index (χ3v) is 3.38. The number of aryl methyl sites for hydroxylation is 1. The largest absolute Gasteiger partial charge is 0.395 e. The minimum atomic E-state index is 0.255. The van der Waals surface area contributed by atoms with E-state index in [1.54, 1.807) is 6.33 Å². The molecule has 0 radical (unpaired) electrons. The Kier molecular flexibility index (Phi) is 5.10. The zero-order valence-corrected chi connectivity index (χ0v) is 11.1. The van der Waals surface area contributed by atoms with Gasteiger partial charge in [0.1, 0.15) is 12.2 Å². The average Bonchev–Trinajstić information content (AvgIpc) is 2.80. The van der Waals surface area contributed by atoms with Crippen molar-refractivity contribution in [3.8, 4) is 0 Å². The van der Waals surface area contributed by atoms with Crippen LogP contribution in [-0.4, -0.2) is 69.0 Å². The molecule has 1 N–H and O–H groups in total. The Morgan fingerprint density at radius 3 is 2.56 bits per heavy atom. The second-order valence-corrected chi connectivity index (χ2v) is 4.74. The van der Waals surface area contributed by atoms with Crippen LogP contribution >= 0.6 is 0 Å². The van der Waals surface area contributed by atoms with E-state index >= 15 is 0 Å². The number of nitrogens with zero attached hydrogens (tertiary/aromatic N) is 5. The molecule has 0 saturated carbocycles. The number of aliphatic hydroxyl groups is 1. The van der Waals surface area contributed by atoms with Crippen molar-refractivity contribution in [2.24, 2.45) is 0 Å². The van der Waals surface area contributed by atoms with E-state index < -0.39 is 0 Å². The second kappa shape index (κ2) is 6.82. The topological polar surface area (TPSA) is 57.4 Å². The fourth-order valence-electron chi connectivity index (χ4n) is 2.32. The molecule has 1 fully saturated rings. The summed E-state index contributed by atoms with van der Waals surface area (Å²) in [5, 5.41) is 13.2. The van der Waals surface area contributed by atoms with Crippen LogP contribution in [0.4, 0.5) is 0 Å². The van der Waals surface area contributed by atoms with Gasteiger partial charge in [-0.05, 0) is 6.42 Å². The summed E-state index contributed by atoms with van der Waals surface area (Å²) in [6.45, 7) is 9.17. The Balaban J connectivity index is 1.82. The molecule has 0 spiro atoms. The first-order chi connectivity index (χ1) is 8.83. The smallest absolute Gasteiger partial charge is 0.141 e. The van der Waals surface area contributed by atoms with E-state index in [1.807, 2.05) is 4.68 Å². The SMILES string of the molecule is CCCn1ncnc1CN1CCN(CCO)CC1. The highest BCUT2D eigenvalue weighted by molar-refractivity contribution is 4.86. The van der Waals surface area contributed by atoms with Gasteiger partial charge in [-0.1, -0.05) is 6.92 Å². The summed E-state index contributed by atoms with van der Waals surface area (Å²) in [7, 11) is 0. The van der Waals surface area contributed by atoms with Crippen LogP contribution in [0.2, 0.25) is 0 Å². The quantitative estimate of drug-likeness (QED) is 0.761. The zero-order chi connectivity index (χ0) is 12.8. The van der Waals surface area contributed by atoms with Gasteiger partial charge in [0.05, 0.1) is 13.2 Å². The second-order valence-electron chi connectivity index (χ2n) is 4.74. The summed E-state index contributed by atoms with van der Waals surface area (Å²) in [5.74, 6) is 1.06. The summed E-state index contributed by atoms with van der Waals surface area (Å²) in [6, 6.07) is 0. The predicted octanol–water partition coefficient (Wildman–Crippen LogP) is -0.202. The number of β-amino-alcohol motifs (C(OH)–C–C–N with tert-alkyl or cyclic N) is 1. The lowest BCUT2D eigenvalue weighted by Gasteiger charge is -2.33. The molecule has 102 valence electrons. The number of rotatable bonds is 6. The van der Waals surface area contributed by atoms with Gasteiger partial charge in [-0.2, -0.15) is 5.10 Å². The third kappa shape index (κ3) is 3.51. The van der Waals surface area contributed by atoms with Crippen LogP contribution in [0.1, 0.15) is 19.2 Å². The van der Waals surface area contributed by atoms with E-state index in [9.17, 15) is 0 Å². The Hall–Kier alpha value is -0.980. The van der Waals surface area contributed by atoms with E-state index in [1.165, 1.54) is 0 Å². The molecular weight excluding hydrogens is 230 g/mol. The summed E-state index contributed by atoms with van der Waals surface area (Å²) in [5.41, 5.74) is 0. The first kappa shape index (κ1) is 13.5. The number of aromatic nitrogens is 3. The van der Waals surface area contributed by atoms with E-state index in [-0.39, 0.29) is 6.61 Å². The molecule has 0 aliphatic carbocycles. The molecule has 1 saturated heterocycles. The summed E-state index contributed by atoms with van der Waals surface area (Å²) >= 11 is 0. The Morgan fingerprint density at radius 2 is 1.89 bits per heavy atom. The van der Waals surface area contributed by atoms with Crippen LogP contribution in [0.15, 0.2) is 6.33 Å². The summed E-state index contributed by atoms with van der Waals surface area (Å²) < 4.78 is 2.00. The van der Waals surface area contributed by atoms with Crippen molar-refractivity contribution < 1.29 is 5.11 Å². The molecule has 2 heterocycles. The molecular formula is C12H23N5O. The van der Waals surface area contributed by atoms with Crippen molar-refractivity contribution in [3.05, 3.63) is 12.2 Å². The highest BCUT2D eigenvalue weighted by atomic mass is 16.3. The normalized spacial score (nSPS) is 18.3. The fourth-order valence-corrected chi connectivity index (χ4v) is 2.32. The highest BCUT2D eigenvalue weighted by Gasteiger charge is 2.18. The monoisotopic (exact) mass is 253 g/mol. The molecule has 0 unspecified atom stereocenters. The molecule has 0 aromatic carbocycles. The Morgan fingerprint density at radius 1 is 1.17 bits per heavy atom. The molecule has 2 rings (SSSR count). The van der Waals surface area contributed by atoms with Crippen LogP contribution in [0.5, 0.6) is 0 Å². The number of hydrogen-bond donors (Lipinski definition) is 1.